The number of ether oxygens (including phenoxy) is 2. The highest BCUT2D eigenvalue weighted by molar-refractivity contribution is 8.00. The van der Waals surface area contributed by atoms with Gasteiger partial charge in [0.1, 0.15) is 11.6 Å². The van der Waals surface area contributed by atoms with Crippen LogP contribution in [0.5, 0.6) is 5.75 Å². The molecule has 1 aromatic rings. The average Bonchev–Trinajstić information content (AvgIpc) is 2.43. The monoisotopic (exact) mass is 267 g/mol. The Hall–Kier alpha value is -1.89. The summed E-state index contributed by atoms with van der Waals surface area (Å²) in [6.45, 7) is 0. The molecule has 0 aromatic heterocycles. The predicted molar refractivity (Wildman–Crippen MR) is 69.5 cm³/mol. The van der Waals surface area contributed by atoms with E-state index in [1.54, 1.807) is 18.9 Å². The molecule has 0 atom stereocenters. The summed E-state index contributed by atoms with van der Waals surface area (Å²) in [7, 11) is 2.93. The van der Waals surface area contributed by atoms with Crippen LogP contribution in [0.2, 0.25) is 0 Å². The lowest BCUT2D eigenvalue weighted by atomic mass is 10.3. The molecule has 0 radical (unpaired) electrons. The van der Waals surface area contributed by atoms with Gasteiger partial charge in [0.2, 0.25) is 0 Å². The molecule has 0 aliphatic carbocycles. The van der Waals surface area contributed by atoms with Crippen LogP contribution < -0.4 is 15.6 Å². The molecule has 2 rings (SSSR count). The number of nitrogens with one attached hydrogen (secondary N) is 2. The first-order chi connectivity index (χ1) is 8.72. The van der Waals surface area contributed by atoms with Crippen LogP contribution in [0.1, 0.15) is 0 Å². The van der Waals surface area contributed by atoms with E-state index >= 15 is 0 Å². The quantitative estimate of drug-likeness (QED) is 0.758. The van der Waals surface area contributed by atoms with Crippen molar-refractivity contribution >= 4 is 29.4 Å². The molecule has 1 heterocycles. The molecule has 1 aromatic carbocycles. The van der Waals surface area contributed by atoms with Crippen molar-refractivity contribution in [2.24, 2.45) is 4.99 Å². The third kappa shape index (κ3) is 2.86. The Morgan fingerprint density at radius 2 is 2.28 bits per heavy atom. The first-order valence-electron chi connectivity index (χ1n) is 5.21. The van der Waals surface area contributed by atoms with Gasteiger partial charge in [-0.25, -0.2) is 15.2 Å². The van der Waals surface area contributed by atoms with E-state index in [0.29, 0.717) is 11.6 Å². The second-order valence-corrected chi connectivity index (χ2v) is 4.44. The standard InChI is InChI=1S/C11H13N3O3S/c1-16-7-3-4-8-9(5-7)18-6-10(12-8)13-14-11(15)17-2/h3-5H,6H2,1-2H3,(H,12,13)(H,14,15). The van der Waals surface area contributed by atoms with Gasteiger partial charge in [0.25, 0.3) is 0 Å². The molecular weight excluding hydrogens is 254 g/mol. The topological polar surface area (TPSA) is 72.0 Å². The van der Waals surface area contributed by atoms with Crippen LogP contribution in [0.25, 0.3) is 0 Å². The summed E-state index contributed by atoms with van der Waals surface area (Å²) in [4.78, 5) is 16.3. The van der Waals surface area contributed by atoms with E-state index in [4.69, 9.17) is 4.74 Å². The molecule has 0 unspecified atom stereocenters. The summed E-state index contributed by atoms with van der Waals surface area (Å²) in [5.74, 6) is 2.12. The highest BCUT2D eigenvalue weighted by atomic mass is 32.2. The first kappa shape index (κ1) is 12.6. The van der Waals surface area contributed by atoms with Crippen molar-refractivity contribution in [2.75, 3.05) is 20.0 Å². The Morgan fingerprint density at radius 1 is 1.44 bits per heavy atom. The second-order valence-electron chi connectivity index (χ2n) is 3.42. The summed E-state index contributed by atoms with van der Waals surface area (Å²) >= 11 is 1.62. The average molecular weight is 267 g/mol. The van der Waals surface area contributed by atoms with E-state index < -0.39 is 6.09 Å². The van der Waals surface area contributed by atoms with E-state index in [1.165, 1.54) is 7.11 Å². The number of carbonyl (C=O) groups is 1. The number of thioether (sulfide) groups is 1. The zero-order valence-electron chi connectivity index (χ0n) is 10.0. The number of aliphatic imine (C=N–C) groups is 1. The van der Waals surface area contributed by atoms with Gasteiger partial charge < -0.3 is 9.47 Å². The second kappa shape index (κ2) is 5.63. The number of methoxy groups -OCH3 is 2. The van der Waals surface area contributed by atoms with E-state index in [2.05, 4.69) is 20.6 Å². The van der Waals surface area contributed by atoms with Crippen LogP contribution in [-0.2, 0) is 4.74 Å². The number of hydrazine groups is 1. The summed E-state index contributed by atoms with van der Waals surface area (Å²) in [5.41, 5.74) is 5.94. The third-order valence-corrected chi connectivity index (χ3v) is 3.34. The van der Waals surface area contributed by atoms with Crippen LogP contribution in [0.4, 0.5) is 10.5 Å². The zero-order chi connectivity index (χ0) is 13.0. The maximum atomic E-state index is 10.9. The molecule has 96 valence electrons. The van der Waals surface area contributed by atoms with Crippen molar-refractivity contribution in [3.05, 3.63) is 18.2 Å². The van der Waals surface area contributed by atoms with Gasteiger partial charge in [0.15, 0.2) is 0 Å². The molecule has 0 saturated heterocycles. The lowest BCUT2D eigenvalue weighted by Gasteiger charge is -2.16. The fraction of sp³-hybridized carbons (Fsp3) is 0.273. The number of hydrogen-bond acceptors (Lipinski definition) is 6. The molecule has 0 fully saturated rings. The Bertz CT molecular complexity index is 490. The molecule has 7 heteroatoms. The van der Waals surface area contributed by atoms with E-state index in [-0.39, 0.29) is 0 Å². The van der Waals surface area contributed by atoms with Crippen molar-refractivity contribution < 1.29 is 14.3 Å². The minimum atomic E-state index is -0.553. The maximum absolute atomic E-state index is 10.9. The summed E-state index contributed by atoms with van der Waals surface area (Å²) in [5, 5.41) is 0. The zero-order valence-corrected chi connectivity index (χ0v) is 10.8. The summed E-state index contributed by atoms with van der Waals surface area (Å²) in [6, 6.07) is 5.66. The summed E-state index contributed by atoms with van der Waals surface area (Å²) in [6.07, 6.45) is -0.553. The molecule has 6 nitrogen and oxygen atoms in total. The van der Waals surface area contributed by atoms with E-state index in [0.717, 1.165) is 16.3 Å². The predicted octanol–water partition coefficient (Wildman–Crippen LogP) is 1.69. The molecular formula is C11H13N3O3S. The van der Waals surface area contributed by atoms with Gasteiger partial charge in [-0.2, -0.15) is 0 Å². The first-order valence-corrected chi connectivity index (χ1v) is 6.20. The van der Waals surface area contributed by atoms with Crippen molar-refractivity contribution in [1.29, 1.82) is 0 Å². The van der Waals surface area contributed by atoms with Crippen LogP contribution in [0.15, 0.2) is 28.1 Å². The number of nitrogens with zero attached hydrogens (tertiary/aromatic N) is 1. The van der Waals surface area contributed by atoms with Gasteiger partial charge in [0, 0.05) is 4.90 Å². The van der Waals surface area contributed by atoms with E-state index in [1.807, 2.05) is 18.2 Å². The molecule has 0 spiro atoms. The Balaban J connectivity index is 2.08. The lowest BCUT2D eigenvalue weighted by molar-refractivity contribution is 0.168. The van der Waals surface area contributed by atoms with Crippen LogP contribution in [0.3, 0.4) is 0 Å². The van der Waals surface area contributed by atoms with Gasteiger partial charge >= 0.3 is 6.09 Å². The highest BCUT2D eigenvalue weighted by Crippen LogP contribution is 2.35. The number of amidine groups is 1. The summed E-state index contributed by atoms with van der Waals surface area (Å²) < 4.78 is 9.60. The molecule has 0 saturated carbocycles. The molecule has 18 heavy (non-hydrogen) atoms. The molecule has 1 aliphatic heterocycles. The normalized spacial score (nSPS) is 13.1. The Morgan fingerprint density at radius 3 is 3.00 bits per heavy atom. The van der Waals surface area contributed by atoms with Gasteiger partial charge in [-0.15, -0.1) is 11.8 Å². The molecule has 1 amide bonds. The number of carbonyl (C=O) groups excluding carboxylic acids is 1. The smallest absolute Gasteiger partial charge is 0.425 e. The lowest BCUT2D eigenvalue weighted by Crippen LogP contribution is -2.42. The van der Waals surface area contributed by atoms with Crippen molar-refractivity contribution in [3.8, 4) is 5.75 Å². The number of hydrogen-bond donors (Lipinski definition) is 2. The third-order valence-electron chi connectivity index (χ3n) is 2.28. The fourth-order valence-electron chi connectivity index (χ4n) is 1.39. The Kier molecular flexibility index (Phi) is 3.93. The van der Waals surface area contributed by atoms with Gasteiger partial charge in [-0.3, -0.25) is 5.43 Å². The van der Waals surface area contributed by atoms with Crippen molar-refractivity contribution in [2.45, 2.75) is 4.90 Å². The number of rotatable bonds is 1. The highest BCUT2D eigenvalue weighted by Gasteiger charge is 2.13. The largest absolute Gasteiger partial charge is 0.497 e. The van der Waals surface area contributed by atoms with Gasteiger partial charge in [0.05, 0.1) is 25.7 Å². The maximum Gasteiger partial charge on any atom is 0.425 e. The van der Waals surface area contributed by atoms with Crippen molar-refractivity contribution in [3.63, 3.8) is 0 Å². The number of benzene rings is 1. The molecule has 1 aliphatic rings. The van der Waals surface area contributed by atoms with E-state index in [9.17, 15) is 4.79 Å². The van der Waals surface area contributed by atoms with Gasteiger partial charge in [-0.1, -0.05) is 0 Å². The van der Waals surface area contributed by atoms with Crippen LogP contribution in [0, 0.1) is 0 Å². The SMILES string of the molecule is COC(=O)NNC1=Nc2ccc(OC)cc2SC1. The van der Waals surface area contributed by atoms with Crippen LogP contribution in [-0.4, -0.2) is 31.9 Å². The molecule has 2 N–H and O–H groups in total. The van der Waals surface area contributed by atoms with Crippen LogP contribution >= 0.6 is 11.8 Å². The van der Waals surface area contributed by atoms with Gasteiger partial charge in [-0.05, 0) is 18.2 Å². The number of fused-ring (bicyclic) bond motifs is 1. The minimum absolute atomic E-state index is 0.553. The molecule has 0 bridgehead atoms. The Labute approximate surface area is 109 Å². The fourth-order valence-corrected chi connectivity index (χ4v) is 2.28. The minimum Gasteiger partial charge on any atom is -0.497 e. The van der Waals surface area contributed by atoms with Crippen molar-refractivity contribution in [1.82, 2.24) is 10.9 Å². The number of amides is 1.